The Balaban J connectivity index is 2.24. The van der Waals surface area contributed by atoms with E-state index in [1.807, 2.05) is 44.2 Å². The van der Waals surface area contributed by atoms with E-state index in [9.17, 15) is 0 Å². The molecule has 84 valence electrons. The predicted molar refractivity (Wildman–Crippen MR) is 63.6 cm³/mol. The summed E-state index contributed by atoms with van der Waals surface area (Å²) in [5, 5.41) is 0. The van der Waals surface area contributed by atoms with Crippen molar-refractivity contribution < 1.29 is 9.57 Å². The SMILES string of the molecule is CCOc1ccc(C2=C(C)C=CNO2)cc1. The van der Waals surface area contributed by atoms with Crippen molar-refractivity contribution >= 4 is 5.76 Å². The van der Waals surface area contributed by atoms with Gasteiger partial charge in [-0.1, -0.05) is 0 Å². The zero-order valence-electron chi connectivity index (χ0n) is 9.49. The molecule has 0 atom stereocenters. The lowest BCUT2D eigenvalue weighted by Crippen LogP contribution is -2.10. The van der Waals surface area contributed by atoms with E-state index < -0.39 is 0 Å². The van der Waals surface area contributed by atoms with Gasteiger partial charge in [0.05, 0.1) is 6.61 Å². The lowest BCUT2D eigenvalue weighted by Gasteiger charge is -2.15. The predicted octanol–water partition coefficient (Wildman–Crippen LogP) is 2.86. The van der Waals surface area contributed by atoms with E-state index in [1.54, 1.807) is 6.20 Å². The van der Waals surface area contributed by atoms with Gasteiger partial charge in [0.2, 0.25) is 0 Å². The fourth-order valence-electron chi connectivity index (χ4n) is 1.56. The van der Waals surface area contributed by atoms with E-state index in [2.05, 4.69) is 5.48 Å². The number of benzene rings is 1. The van der Waals surface area contributed by atoms with Gasteiger partial charge >= 0.3 is 0 Å². The number of nitrogens with one attached hydrogen (secondary N) is 1. The highest BCUT2D eigenvalue weighted by Gasteiger charge is 2.09. The Labute approximate surface area is 95.3 Å². The smallest absolute Gasteiger partial charge is 0.165 e. The van der Waals surface area contributed by atoms with E-state index in [1.165, 1.54) is 0 Å². The molecule has 1 heterocycles. The minimum absolute atomic E-state index is 0.682. The summed E-state index contributed by atoms with van der Waals surface area (Å²) in [5.74, 6) is 1.73. The van der Waals surface area contributed by atoms with Crippen LogP contribution in [0.2, 0.25) is 0 Å². The first kappa shape index (κ1) is 10.6. The molecule has 1 N–H and O–H groups in total. The summed E-state index contributed by atoms with van der Waals surface area (Å²) in [4.78, 5) is 5.38. The molecule has 1 aliphatic heterocycles. The second-order valence-corrected chi connectivity index (χ2v) is 3.52. The number of hydroxylamine groups is 1. The van der Waals surface area contributed by atoms with Crippen LogP contribution in [0.1, 0.15) is 19.4 Å². The van der Waals surface area contributed by atoms with E-state index in [4.69, 9.17) is 9.57 Å². The van der Waals surface area contributed by atoms with Gasteiger partial charge in [0.25, 0.3) is 0 Å². The van der Waals surface area contributed by atoms with Crippen LogP contribution in [0.15, 0.2) is 42.1 Å². The van der Waals surface area contributed by atoms with Crippen LogP contribution >= 0.6 is 0 Å². The number of ether oxygens (including phenoxy) is 1. The average Bonchev–Trinajstić information content (AvgIpc) is 2.31. The minimum atomic E-state index is 0.682. The lowest BCUT2D eigenvalue weighted by molar-refractivity contribution is 0.196. The quantitative estimate of drug-likeness (QED) is 0.844. The second kappa shape index (κ2) is 4.75. The minimum Gasteiger partial charge on any atom is -0.494 e. The molecule has 0 amide bonds. The maximum atomic E-state index is 5.39. The summed E-state index contributed by atoms with van der Waals surface area (Å²) in [6, 6.07) is 7.87. The van der Waals surface area contributed by atoms with Crippen molar-refractivity contribution in [3.63, 3.8) is 0 Å². The third-order valence-corrected chi connectivity index (χ3v) is 2.35. The summed E-state index contributed by atoms with van der Waals surface area (Å²) < 4.78 is 5.39. The largest absolute Gasteiger partial charge is 0.494 e. The van der Waals surface area contributed by atoms with Crippen LogP contribution in [0.25, 0.3) is 5.76 Å². The van der Waals surface area contributed by atoms with Crippen molar-refractivity contribution in [2.75, 3.05) is 6.61 Å². The molecule has 3 heteroatoms. The zero-order valence-corrected chi connectivity index (χ0v) is 9.49. The maximum Gasteiger partial charge on any atom is 0.165 e. The summed E-state index contributed by atoms with van der Waals surface area (Å²) in [6.07, 6.45) is 3.75. The van der Waals surface area contributed by atoms with Gasteiger partial charge in [0.15, 0.2) is 5.76 Å². The van der Waals surface area contributed by atoms with Crippen LogP contribution in [0.4, 0.5) is 0 Å². The summed E-state index contributed by atoms with van der Waals surface area (Å²) in [6.45, 7) is 4.67. The molecule has 0 radical (unpaired) electrons. The fraction of sp³-hybridized carbons (Fsp3) is 0.231. The van der Waals surface area contributed by atoms with Crippen molar-refractivity contribution in [3.05, 3.63) is 47.7 Å². The molecular weight excluding hydrogens is 202 g/mol. The first-order valence-corrected chi connectivity index (χ1v) is 5.34. The number of rotatable bonds is 3. The molecule has 16 heavy (non-hydrogen) atoms. The first-order chi connectivity index (χ1) is 7.81. The Morgan fingerprint density at radius 3 is 2.62 bits per heavy atom. The molecule has 0 unspecified atom stereocenters. The second-order valence-electron chi connectivity index (χ2n) is 3.52. The van der Waals surface area contributed by atoms with Crippen LogP contribution in [0.5, 0.6) is 5.75 Å². The van der Waals surface area contributed by atoms with Gasteiger partial charge in [0, 0.05) is 11.8 Å². The Morgan fingerprint density at radius 1 is 1.25 bits per heavy atom. The number of hydrogen-bond donors (Lipinski definition) is 1. The van der Waals surface area contributed by atoms with E-state index in [0.717, 1.165) is 22.6 Å². The normalized spacial score (nSPS) is 14.4. The van der Waals surface area contributed by atoms with Crippen LogP contribution in [-0.4, -0.2) is 6.61 Å². The van der Waals surface area contributed by atoms with Crippen molar-refractivity contribution in [2.45, 2.75) is 13.8 Å². The fourth-order valence-corrected chi connectivity index (χ4v) is 1.56. The molecule has 3 nitrogen and oxygen atoms in total. The molecule has 0 aliphatic carbocycles. The molecule has 0 bridgehead atoms. The standard InChI is InChI=1S/C13H15NO2/c1-3-15-12-6-4-11(5-7-12)13-10(2)8-9-14-16-13/h4-9,14H,3H2,1-2H3. The molecule has 0 fully saturated rings. The van der Waals surface area contributed by atoms with Crippen molar-refractivity contribution in [2.24, 2.45) is 0 Å². The molecule has 1 aliphatic rings. The molecule has 0 saturated heterocycles. The van der Waals surface area contributed by atoms with Gasteiger partial charge in [-0.05, 0) is 49.8 Å². The first-order valence-electron chi connectivity index (χ1n) is 5.34. The van der Waals surface area contributed by atoms with Gasteiger partial charge < -0.3 is 9.57 Å². The Morgan fingerprint density at radius 2 is 2.00 bits per heavy atom. The Kier molecular flexibility index (Phi) is 3.15. The summed E-state index contributed by atoms with van der Waals surface area (Å²) in [7, 11) is 0. The van der Waals surface area contributed by atoms with Gasteiger partial charge in [-0.15, -0.1) is 0 Å². The van der Waals surface area contributed by atoms with Crippen LogP contribution < -0.4 is 10.2 Å². The maximum absolute atomic E-state index is 5.39. The number of allylic oxidation sites excluding steroid dienone is 2. The third-order valence-electron chi connectivity index (χ3n) is 2.35. The number of hydrogen-bond acceptors (Lipinski definition) is 3. The van der Waals surface area contributed by atoms with Crippen molar-refractivity contribution in [1.82, 2.24) is 5.48 Å². The van der Waals surface area contributed by atoms with Crippen LogP contribution in [0, 0.1) is 0 Å². The monoisotopic (exact) mass is 217 g/mol. The van der Waals surface area contributed by atoms with Crippen molar-refractivity contribution in [3.8, 4) is 5.75 Å². The van der Waals surface area contributed by atoms with Gasteiger partial charge in [-0.2, -0.15) is 0 Å². The van der Waals surface area contributed by atoms with Crippen LogP contribution in [-0.2, 0) is 4.84 Å². The lowest BCUT2D eigenvalue weighted by atomic mass is 10.1. The highest BCUT2D eigenvalue weighted by Crippen LogP contribution is 2.24. The van der Waals surface area contributed by atoms with Crippen LogP contribution in [0.3, 0.4) is 0 Å². The Bertz CT molecular complexity index is 418. The van der Waals surface area contributed by atoms with E-state index in [0.29, 0.717) is 6.61 Å². The van der Waals surface area contributed by atoms with Crippen molar-refractivity contribution in [1.29, 1.82) is 0 Å². The molecule has 2 rings (SSSR count). The molecular formula is C13H15NO2. The summed E-state index contributed by atoms with van der Waals surface area (Å²) >= 11 is 0. The molecule has 1 aromatic rings. The third kappa shape index (κ3) is 2.19. The topological polar surface area (TPSA) is 30.5 Å². The highest BCUT2D eigenvalue weighted by molar-refractivity contribution is 5.66. The average molecular weight is 217 g/mol. The summed E-state index contributed by atoms with van der Waals surface area (Å²) in [5.41, 5.74) is 4.87. The van der Waals surface area contributed by atoms with Gasteiger partial charge in [-0.25, -0.2) is 5.48 Å². The molecule has 0 saturated carbocycles. The van der Waals surface area contributed by atoms with E-state index in [-0.39, 0.29) is 0 Å². The zero-order chi connectivity index (χ0) is 11.4. The molecule has 0 spiro atoms. The molecule has 1 aromatic carbocycles. The molecule has 0 aromatic heterocycles. The van der Waals surface area contributed by atoms with Gasteiger partial charge in [0.1, 0.15) is 5.75 Å². The van der Waals surface area contributed by atoms with Gasteiger partial charge in [-0.3, -0.25) is 0 Å². The Hall–Kier alpha value is -1.90. The highest BCUT2D eigenvalue weighted by atomic mass is 16.6. The van der Waals surface area contributed by atoms with E-state index >= 15 is 0 Å².